The van der Waals surface area contributed by atoms with Gasteiger partial charge in [0.25, 0.3) is 0 Å². The maximum absolute atomic E-state index is 5.96. The molecule has 1 aliphatic rings. The highest BCUT2D eigenvalue weighted by Crippen LogP contribution is 2.27. The van der Waals surface area contributed by atoms with Gasteiger partial charge < -0.3 is 10.1 Å². The number of rotatable bonds is 2. The molecule has 0 unspecified atom stereocenters. The van der Waals surface area contributed by atoms with Gasteiger partial charge in [-0.15, -0.1) is 0 Å². The maximum Gasteiger partial charge on any atom is 0.171 e. The van der Waals surface area contributed by atoms with Gasteiger partial charge in [0.05, 0.1) is 0 Å². The van der Waals surface area contributed by atoms with E-state index in [1.54, 1.807) is 0 Å². The first-order valence-corrected chi connectivity index (χ1v) is 5.00. The van der Waals surface area contributed by atoms with Gasteiger partial charge in [-0.25, -0.2) is 4.98 Å². The summed E-state index contributed by atoms with van der Waals surface area (Å²) in [6.45, 7) is 5.68. The van der Waals surface area contributed by atoms with Crippen molar-refractivity contribution < 1.29 is 4.74 Å². The molecule has 4 heteroatoms. The lowest BCUT2D eigenvalue weighted by molar-refractivity contribution is 0.0346. The van der Waals surface area contributed by atoms with E-state index in [9.17, 15) is 0 Å². The molecule has 1 aromatic rings. The number of pyridine rings is 1. The minimum absolute atomic E-state index is 0.124. The molecule has 2 rings (SSSR count). The first-order valence-electron chi connectivity index (χ1n) is 4.62. The van der Waals surface area contributed by atoms with E-state index in [-0.39, 0.29) is 5.60 Å². The average molecular weight is 213 g/mol. The number of aryl methyl sites for hydroxylation is 1. The van der Waals surface area contributed by atoms with Crippen LogP contribution in [-0.4, -0.2) is 23.7 Å². The molecule has 0 aromatic carbocycles. The monoisotopic (exact) mass is 212 g/mol. The summed E-state index contributed by atoms with van der Waals surface area (Å²) >= 11 is 5.96. The molecule has 0 radical (unpaired) electrons. The molecular formula is C10H13ClN2O. The maximum atomic E-state index is 5.96. The number of hydrogen-bond acceptors (Lipinski definition) is 3. The number of hydrogen-bond donors (Lipinski definition) is 1. The fourth-order valence-electron chi connectivity index (χ4n) is 1.40. The molecule has 0 spiro atoms. The smallest absolute Gasteiger partial charge is 0.171 e. The van der Waals surface area contributed by atoms with Gasteiger partial charge in [-0.3, -0.25) is 0 Å². The van der Waals surface area contributed by atoms with Crippen LogP contribution >= 0.6 is 11.6 Å². The minimum Gasteiger partial charge on any atom is -0.482 e. The molecule has 1 saturated heterocycles. The van der Waals surface area contributed by atoms with Crippen LogP contribution < -0.4 is 10.1 Å². The van der Waals surface area contributed by atoms with Crippen molar-refractivity contribution in [3.63, 3.8) is 0 Å². The standard InChI is InChI=1S/C10H13ClN2O/c1-7-3-4-8(9(11)13-7)14-10(2)5-12-6-10/h3-4,12H,5-6H2,1-2H3. The fourth-order valence-corrected chi connectivity index (χ4v) is 1.64. The van der Waals surface area contributed by atoms with Crippen LogP contribution in [0.5, 0.6) is 5.75 Å². The molecule has 3 nitrogen and oxygen atoms in total. The van der Waals surface area contributed by atoms with Gasteiger partial charge in [-0.05, 0) is 26.0 Å². The van der Waals surface area contributed by atoms with Gasteiger partial charge in [0.1, 0.15) is 5.60 Å². The molecule has 76 valence electrons. The third kappa shape index (κ3) is 1.83. The Hall–Kier alpha value is -0.800. The predicted molar refractivity (Wildman–Crippen MR) is 55.9 cm³/mol. The zero-order valence-electron chi connectivity index (χ0n) is 8.30. The molecule has 14 heavy (non-hydrogen) atoms. The molecule has 0 saturated carbocycles. The SMILES string of the molecule is Cc1ccc(OC2(C)CNC2)c(Cl)n1. The summed E-state index contributed by atoms with van der Waals surface area (Å²) in [5.74, 6) is 0.668. The second-order valence-electron chi connectivity index (χ2n) is 3.90. The second kappa shape index (κ2) is 3.41. The molecule has 1 aromatic heterocycles. The van der Waals surface area contributed by atoms with Crippen molar-refractivity contribution >= 4 is 11.6 Å². The zero-order valence-corrected chi connectivity index (χ0v) is 9.06. The van der Waals surface area contributed by atoms with Gasteiger partial charge in [0.15, 0.2) is 10.9 Å². The van der Waals surface area contributed by atoms with Crippen LogP contribution in [0, 0.1) is 6.92 Å². The van der Waals surface area contributed by atoms with E-state index in [1.807, 2.05) is 19.1 Å². The summed E-state index contributed by atoms with van der Waals surface area (Å²) in [5.41, 5.74) is 0.778. The molecule has 0 bridgehead atoms. The lowest BCUT2D eigenvalue weighted by Crippen LogP contribution is -2.61. The highest BCUT2D eigenvalue weighted by atomic mass is 35.5. The third-order valence-electron chi connectivity index (χ3n) is 2.31. The van der Waals surface area contributed by atoms with Crippen molar-refractivity contribution in [2.45, 2.75) is 19.4 Å². The highest BCUT2D eigenvalue weighted by Gasteiger charge is 2.34. The van der Waals surface area contributed by atoms with Gasteiger partial charge in [-0.2, -0.15) is 0 Å². The van der Waals surface area contributed by atoms with Crippen LogP contribution in [-0.2, 0) is 0 Å². The largest absolute Gasteiger partial charge is 0.482 e. The Morgan fingerprint density at radius 1 is 1.50 bits per heavy atom. The molecule has 0 atom stereocenters. The summed E-state index contributed by atoms with van der Waals surface area (Å²) in [6, 6.07) is 3.77. The van der Waals surface area contributed by atoms with Crippen LogP contribution in [0.3, 0.4) is 0 Å². The second-order valence-corrected chi connectivity index (χ2v) is 4.26. The van der Waals surface area contributed by atoms with Crippen molar-refractivity contribution in [2.24, 2.45) is 0 Å². The minimum atomic E-state index is -0.124. The first kappa shape index (κ1) is 9.74. The van der Waals surface area contributed by atoms with Crippen molar-refractivity contribution in [1.82, 2.24) is 10.3 Å². The van der Waals surface area contributed by atoms with E-state index in [0.29, 0.717) is 10.9 Å². The van der Waals surface area contributed by atoms with Crippen molar-refractivity contribution in [3.05, 3.63) is 23.0 Å². The Kier molecular flexibility index (Phi) is 2.37. The summed E-state index contributed by atoms with van der Waals surface area (Å²) in [6.07, 6.45) is 0. The number of ether oxygens (including phenoxy) is 1. The Balaban J connectivity index is 2.16. The van der Waals surface area contributed by atoms with E-state index in [0.717, 1.165) is 18.8 Å². The Morgan fingerprint density at radius 2 is 2.21 bits per heavy atom. The quantitative estimate of drug-likeness (QED) is 0.759. The molecule has 1 fully saturated rings. The average Bonchev–Trinajstić information content (AvgIpc) is 2.07. The molecule has 2 heterocycles. The summed E-state index contributed by atoms with van der Waals surface area (Å²) < 4.78 is 5.77. The van der Waals surface area contributed by atoms with E-state index < -0.39 is 0 Å². The number of nitrogens with one attached hydrogen (secondary N) is 1. The van der Waals surface area contributed by atoms with Crippen LogP contribution in [0.15, 0.2) is 12.1 Å². The summed E-state index contributed by atoms with van der Waals surface area (Å²) in [4.78, 5) is 4.14. The molecular weight excluding hydrogens is 200 g/mol. The Labute approximate surface area is 88.4 Å². The molecule has 0 amide bonds. The van der Waals surface area contributed by atoms with E-state index >= 15 is 0 Å². The topological polar surface area (TPSA) is 34.1 Å². The van der Waals surface area contributed by atoms with Crippen LogP contribution in [0.25, 0.3) is 0 Å². The van der Waals surface area contributed by atoms with Crippen molar-refractivity contribution in [3.8, 4) is 5.75 Å². The normalized spacial score (nSPS) is 18.8. The summed E-state index contributed by atoms with van der Waals surface area (Å²) in [5, 5.41) is 3.61. The van der Waals surface area contributed by atoms with Crippen molar-refractivity contribution in [1.29, 1.82) is 0 Å². The molecule has 0 aliphatic carbocycles. The van der Waals surface area contributed by atoms with E-state index in [4.69, 9.17) is 16.3 Å². The zero-order chi connectivity index (χ0) is 10.2. The number of halogens is 1. The van der Waals surface area contributed by atoms with Gasteiger partial charge in [0.2, 0.25) is 0 Å². The Morgan fingerprint density at radius 3 is 2.71 bits per heavy atom. The van der Waals surface area contributed by atoms with Gasteiger partial charge >= 0.3 is 0 Å². The van der Waals surface area contributed by atoms with Gasteiger partial charge in [0, 0.05) is 18.8 Å². The van der Waals surface area contributed by atoms with E-state index in [1.165, 1.54) is 0 Å². The molecule has 1 N–H and O–H groups in total. The fraction of sp³-hybridized carbons (Fsp3) is 0.500. The first-order chi connectivity index (χ1) is 6.59. The summed E-state index contributed by atoms with van der Waals surface area (Å²) in [7, 11) is 0. The Bertz CT molecular complexity index is 350. The number of aromatic nitrogens is 1. The van der Waals surface area contributed by atoms with E-state index in [2.05, 4.69) is 17.2 Å². The third-order valence-corrected chi connectivity index (χ3v) is 2.58. The van der Waals surface area contributed by atoms with Crippen LogP contribution in [0.4, 0.5) is 0 Å². The van der Waals surface area contributed by atoms with Gasteiger partial charge in [-0.1, -0.05) is 11.6 Å². The lowest BCUT2D eigenvalue weighted by atomic mass is 10.0. The number of nitrogens with zero attached hydrogens (tertiary/aromatic N) is 1. The molecule has 1 aliphatic heterocycles. The highest BCUT2D eigenvalue weighted by molar-refractivity contribution is 6.30. The van der Waals surface area contributed by atoms with Crippen LogP contribution in [0.2, 0.25) is 5.15 Å². The van der Waals surface area contributed by atoms with Crippen LogP contribution in [0.1, 0.15) is 12.6 Å². The van der Waals surface area contributed by atoms with Crippen molar-refractivity contribution in [2.75, 3.05) is 13.1 Å². The lowest BCUT2D eigenvalue weighted by Gasteiger charge is -2.39. The predicted octanol–water partition coefficient (Wildman–Crippen LogP) is 1.78.